The molecule has 17 nitrogen and oxygen atoms in total. The maximum Gasteiger partial charge on any atom is 0.472 e. The minimum absolute atomic E-state index is 0.0796. The predicted molar refractivity (Wildman–Crippen MR) is 391 cm³/mol. The van der Waals surface area contributed by atoms with E-state index in [1.165, 1.54) is 128 Å². The first-order valence-electron chi connectivity index (χ1n) is 38.5. The Morgan fingerprint density at radius 2 is 0.625 bits per heavy atom. The van der Waals surface area contributed by atoms with Gasteiger partial charge in [-0.05, 0) is 96.3 Å². The topological polar surface area (TPSA) is 237 Å². The van der Waals surface area contributed by atoms with Gasteiger partial charge in [0.2, 0.25) is 0 Å². The van der Waals surface area contributed by atoms with Gasteiger partial charge in [-0.2, -0.15) is 0 Å². The summed E-state index contributed by atoms with van der Waals surface area (Å²) in [6, 6.07) is 0. The Hall–Kier alpha value is -3.08. The molecular weight excluding hydrogens is 1260 g/mol. The number of hydrogen-bond donors (Lipinski definition) is 3. The molecule has 0 aromatic heterocycles. The van der Waals surface area contributed by atoms with Gasteiger partial charge in [-0.25, -0.2) is 9.13 Å². The van der Waals surface area contributed by atoms with Crippen molar-refractivity contribution in [1.29, 1.82) is 0 Å². The first-order valence-corrected chi connectivity index (χ1v) is 41.5. The number of aldehydes is 1. The van der Waals surface area contributed by atoms with Crippen LogP contribution < -0.4 is 0 Å². The number of carbonyl (C=O) groups excluding carboxylic acids is 4. The van der Waals surface area contributed by atoms with E-state index in [1.807, 2.05) is 12.2 Å². The summed E-state index contributed by atoms with van der Waals surface area (Å²) < 4.78 is 69.1. The lowest BCUT2D eigenvalue weighted by atomic mass is 10.0. The molecule has 0 heterocycles. The molecule has 0 bridgehead atoms. The minimum Gasteiger partial charge on any atom is -0.462 e. The second-order valence-corrected chi connectivity index (χ2v) is 28.8. The van der Waals surface area contributed by atoms with Gasteiger partial charge in [-0.3, -0.25) is 32.5 Å². The quantitative estimate of drug-likeness (QED) is 0.0128. The Bertz CT molecular complexity index is 2030. The molecule has 0 aromatic carbocycles. The molecule has 2 unspecified atom stereocenters. The number of allylic oxidation sites excluding steroid dienone is 10. The van der Waals surface area contributed by atoms with Gasteiger partial charge < -0.3 is 38.6 Å². The van der Waals surface area contributed by atoms with Gasteiger partial charge in [0.15, 0.2) is 6.10 Å². The molecule has 0 aliphatic rings. The fourth-order valence-electron chi connectivity index (χ4n) is 10.6. The normalized spacial score (nSPS) is 14.3. The predicted octanol–water partition coefficient (Wildman–Crippen LogP) is 21.5. The summed E-state index contributed by atoms with van der Waals surface area (Å²) in [4.78, 5) is 70.5. The summed E-state index contributed by atoms with van der Waals surface area (Å²) in [7, 11) is -9.83. The monoisotopic (exact) mass is 1400 g/mol. The highest BCUT2D eigenvalue weighted by atomic mass is 31.2. The molecule has 0 aliphatic heterocycles. The van der Waals surface area contributed by atoms with E-state index in [1.54, 1.807) is 0 Å². The molecule has 0 rings (SSSR count). The van der Waals surface area contributed by atoms with E-state index in [9.17, 15) is 43.2 Å². The van der Waals surface area contributed by atoms with Crippen LogP contribution in [0.3, 0.4) is 0 Å². The molecule has 0 saturated heterocycles. The molecule has 560 valence electrons. The van der Waals surface area contributed by atoms with Crippen LogP contribution in [0.15, 0.2) is 60.8 Å². The molecule has 0 aliphatic carbocycles. The van der Waals surface area contributed by atoms with E-state index in [0.717, 1.165) is 148 Å². The van der Waals surface area contributed by atoms with Gasteiger partial charge in [0.05, 0.1) is 33.0 Å². The summed E-state index contributed by atoms with van der Waals surface area (Å²) in [5.41, 5.74) is 0. The van der Waals surface area contributed by atoms with Crippen LogP contribution >= 0.6 is 15.6 Å². The third-order valence-electron chi connectivity index (χ3n) is 16.5. The minimum atomic E-state index is -4.95. The summed E-state index contributed by atoms with van der Waals surface area (Å²) in [6.45, 7) is 3.60. The maximum absolute atomic E-state index is 13.1. The zero-order chi connectivity index (χ0) is 70.2. The average Bonchev–Trinajstić information content (AvgIpc) is 3.45. The van der Waals surface area contributed by atoms with Crippen molar-refractivity contribution in [2.75, 3.05) is 46.2 Å². The molecule has 3 N–H and O–H groups in total. The van der Waals surface area contributed by atoms with Crippen molar-refractivity contribution in [2.24, 2.45) is 0 Å². The van der Waals surface area contributed by atoms with Gasteiger partial charge in [0, 0.05) is 32.3 Å². The number of esters is 3. The Morgan fingerprint density at radius 1 is 0.333 bits per heavy atom. The fraction of sp³-hybridized carbons (Fsp3) is 0.818. The zero-order valence-corrected chi connectivity index (χ0v) is 62.6. The smallest absolute Gasteiger partial charge is 0.462 e. The first-order chi connectivity index (χ1) is 46.8. The van der Waals surface area contributed by atoms with Gasteiger partial charge in [0.25, 0.3) is 0 Å². The van der Waals surface area contributed by atoms with E-state index < -0.39 is 84.9 Å². The molecule has 5 atom stereocenters. The van der Waals surface area contributed by atoms with Crippen LogP contribution in [0.25, 0.3) is 0 Å². The van der Waals surface area contributed by atoms with Crippen LogP contribution in [0.4, 0.5) is 0 Å². The largest absolute Gasteiger partial charge is 0.472 e. The Kier molecular flexibility index (Phi) is 69.4. The summed E-state index contributed by atoms with van der Waals surface area (Å²) in [5, 5.41) is 10.6. The van der Waals surface area contributed by atoms with Gasteiger partial charge in [-0.1, -0.05) is 281 Å². The number of ether oxygens (including phenoxy) is 4. The molecule has 19 heteroatoms. The molecule has 0 aromatic rings. The Labute approximate surface area is 584 Å². The lowest BCUT2D eigenvalue weighted by Crippen LogP contribution is -2.30. The highest BCUT2D eigenvalue weighted by Crippen LogP contribution is 2.45. The van der Waals surface area contributed by atoms with Crippen molar-refractivity contribution >= 4 is 39.8 Å². The fourth-order valence-corrected chi connectivity index (χ4v) is 12.2. The van der Waals surface area contributed by atoms with Crippen molar-refractivity contribution in [3.63, 3.8) is 0 Å². The van der Waals surface area contributed by atoms with Gasteiger partial charge in [-0.15, -0.1) is 0 Å². The second-order valence-electron chi connectivity index (χ2n) is 25.9. The number of carbonyl (C=O) groups is 4. The highest BCUT2D eigenvalue weighted by molar-refractivity contribution is 7.47. The summed E-state index contributed by atoms with van der Waals surface area (Å²) >= 11 is 0. The Balaban J connectivity index is 5.28. The van der Waals surface area contributed by atoms with Crippen molar-refractivity contribution in [1.82, 2.24) is 0 Å². The van der Waals surface area contributed by atoms with Crippen molar-refractivity contribution in [3.8, 4) is 0 Å². The molecule has 0 radical (unpaired) electrons. The second kappa shape index (κ2) is 71.7. The number of aliphatic hydroxyl groups is 1. The Morgan fingerprint density at radius 3 is 1.03 bits per heavy atom. The number of rotatable bonds is 75. The number of unbranched alkanes of at least 4 members (excludes halogenated alkanes) is 38. The van der Waals surface area contributed by atoms with Crippen molar-refractivity contribution < 1.29 is 80.2 Å². The van der Waals surface area contributed by atoms with Crippen molar-refractivity contribution in [2.45, 2.75) is 360 Å². The summed E-state index contributed by atoms with van der Waals surface area (Å²) in [5.74, 6) is -1.59. The van der Waals surface area contributed by atoms with E-state index >= 15 is 0 Å². The molecule has 96 heavy (non-hydrogen) atoms. The van der Waals surface area contributed by atoms with Crippen LogP contribution in [0.2, 0.25) is 0 Å². The lowest BCUT2D eigenvalue weighted by molar-refractivity contribution is -0.161. The van der Waals surface area contributed by atoms with Gasteiger partial charge in [0.1, 0.15) is 25.1 Å². The first kappa shape index (κ1) is 92.9. The van der Waals surface area contributed by atoms with Crippen LogP contribution in [-0.4, -0.2) is 104 Å². The average molecular weight is 1400 g/mol. The standard InChI is InChI=1S/C77H140O17P2/c1-4-7-10-13-16-19-22-25-26-27-28-33-36-41-46-51-56-61-75(80)88-69-74(94-77(82)63-58-53-48-43-38-32-24-21-18-15-12-9-6-3)71-92-96(85,86)90-67-72(79)66-89-95(83,84)91-70-73(93-76(81)62-57-52-47-42-37-31-23-20-17-14-11-8-5-2)68-87-65-60-55-50-45-40-35-30-29-34-39-44-49-54-59-64-78/h16,19,25-26,28-30,33,41,46,64,72-74,79H,4-15,17-18,20-24,27,31-32,34-40,42-45,47-63,65-71H2,1-3H3,(H,83,84)(H,85,86)/b19-16-,26-25-,30-29-,33-28-,46-41-/t72-,73+,74+/m0/s1. The summed E-state index contributed by atoms with van der Waals surface area (Å²) in [6.07, 6.45) is 69.8. The third-order valence-corrected chi connectivity index (χ3v) is 18.4. The zero-order valence-electron chi connectivity index (χ0n) is 60.8. The molecular formula is C77H140O17P2. The SMILES string of the molecule is CCCCC/C=C\C/C=C\C/C=C\C/C=C\CCCC(=O)OC[C@H](COP(=O)(O)OC[C@@H](O)COP(=O)(O)OC[C@@H](COCCCCCCC/C=C\CCCCCCC=O)OC(=O)CCCCCCCCCCCCCCC)OC(=O)CCCCCCCCCCCCCCC. The molecule has 0 saturated carbocycles. The number of aliphatic hydroxyl groups excluding tert-OH is 1. The van der Waals surface area contributed by atoms with E-state index in [2.05, 4.69) is 69.4 Å². The lowest BCUT2D eigenvalue weighted by Gasteiger charge is -2.21. The molecule has 0 amide bonds. The van der Waals surface area contributed by atoms with Crippen molar-refractivity contribution in [3.05, 3.63) is 60.8 Å². The van der Waals surface area contributed by atoms with E-state index in [-0.39, 0.29) is 25.9 Å². The third kappa shape index (κ3) is 70.8. The van der Waals surface area contributed by atoms with E-state index in [4.69, 9.17) is 37.0 Å². The van der Waals surface area contributed by atoms with E-state index in [0.29, 0.717) is 38.7 Å². The highest BCUT2D eigenvalue weighted by Gasteiger charge is 2.30. The van der Waals surface area contributed by atoms with Crippen LogP contribution in [0.5, 0.6) is 0 Å². The maximum atomic E-state index is 13.1. The van der Waals surface area contributed by atoms with Crippen LogP contribution in [0.1, 0.15) is 342 Å². The van der Waals surface area contributed by atoms with Gasteiger partial charge >= 0.3 is 33.6 Å². The molecule has 0 spiro atoms. The number of phosphoric ester groups is 2. The number of phosphoric acid groups is 2. The van der Waals surface area contributed by atoms with Crippen LogP contribution in [0, 0.1) is 0 Å². The number of hydrogen-bond acceptors (Lipinski definition) is 15. The van der Waals surface area contributed by atoms with Crippen LogP contribution in [-0.2, 0) is 65.4 Å². The molecule has 0 fully saturated rings.